The first-order valence-electron chi connectivity index (χ1n) is 9.99. The first-order chi connectivity index (χ1) is 14.4. The Kier molecular flexibility index (Phi) is 7.49. The summed E-state index contributed by atoms with van der Waals surface area (Å²) in [4.78, 5) is 38.5. The maximum Gasteiger partial charge on any atom is 0.274 e. The minimum atomic E-state index is -0.634. The van der Waals surface area contributed by atoms with E-state index in [1.165, 1.54) is 28.2 Å². The van der Waals surface area contributed by atoms with Crippen LogP contribution in [0.2, 0.25) is 0 Å². The van der Waals surface area contributed by atoms with E-state index in [9.17, 15) is 14.4 Å². The average molecular weight is 489 g/mol. The highest BCUT2D eigenvalue weighted by Gasteiger charge is 2.37. The lowest BCUT2D eigenvalue weighted by atomic mass is 9.87. The second kappa shape index (κ2) is 9.51. The van der Waals surface area contributed by atoms with E-state index in [1.54, 1.807) is 25.1 Å². The van der Waals surface area contributed by atoms with Crippen molar-refractivity contribution in [3.63, 3.8) is 0 Å². The van der Waals surface area contributed by atoms with Crippen molar-refractivity contribution in [2.45, 2.75) is 40.7 Å². The molecule has 0 aromatic heterocycles. The van der Waals surface area contributed by atoms with Gasteiger partial charge in [0.15, 0.2) is 0 Å². The molecule has 1 atom stereocenters. The molecule has 4 N–H and O–H groups in total. The van der Waals surface area contributed by atoms with Crippen LogP contribution in [0.5, 0.6) is 0 Å². The Hall–Kier alpha value is -2.87. The number of hydrazine groups is 1. The van der Waals surface area contributed by atoms with Gasteiger partial charge in [-0.3, -0.25) is 14.4 Å². The molecule has 0 heterocycles. The van der Waals surface area contributed by atoms with Crippen molar-refractivity contribution >= 4 is 39.3 Å². The summed E-state index contributed by atoms with van der Waals surface area (Å²) in [7, 11) is 0. The van der Waals surface area contributed by atoms with Crippen LogP contribution in [0.1, 0.15) is 65.7 Å². The maximum absolute atomic E-state index is 13.6. The monoisotopic (exact) mass is 488 g/mol. The molecule has 2 aromatic carbocycles. The van der Waals surface area contributed by atoms with Crippen molar-refractivity contribution in [1.82, 2.24) is 10.0 Å². The number of halogens is 1. The van der Waals surface area contributed by atoms with Gasteiger partial charge in [-0.2, -0.15) is 0 Å². The van der Waals surface area contributed by atoms with E-state index in [2.05, 4.69) is 15.9 Å². The predicted molar refractivity (Wildman–Crippen MR) is 125 cm³/mol. The number of nitrogens with two attached hydrogens (primary N) is 2. The minimum Gasteiger partial charge on any atom is -0.398 e. The van der Waals surface area contributed by atoms with Crippen LogP contribution in [0, 0.1) is 5.41 Å². The van der Waals surface area contributed by atoms with E-state index in [1.807, 2.05) is 33.8 Å². The molecule has 1 unspecified atom stereocenters. The number of carbonyl (C=O) groups excluding carboxylic acids is 3. The SMILES string of the molecule is CCN(C(=O)c1ccc(C(N)=O)cc1N)N(C(=O)c1ccccc1Br)C(C)C(C)(C)C. The van der Waals surface area contributed by atoms with Gasteiger partial charge >= 0.3 is 0 Å². The van der Waals surface area contributed by atoms with Gasteiger partial charge in [-0.25, -0.2) is 10.0 Å². The molecular formula is C23H29BrN4O3. The van der Waals surface area contributed by atoms with Gasteiger partial charge in [0.25, 0.3) is 11.8 Å². The molecule has 31 heavy (non-hydrogen) atoms. The van der Waals surface area contributed by atoms with Crippen molar-refractivity contribution in [3.8, 4) is 0 Å². The van der Waals surface area contributed by atoms with Crippen molar-refractivity contribution in [3.05, 3.63) is 63.6 Å². The van der Waals surface area contributed by atoms with E-state index < -0.39 is 11.8 Å². The second-order valence-corrected chi connectivity index (χ2v) is 9.21. The van der Waals surface area contributed by atoms with Gasteiger partial charge < -0.3 is 11.5 Å². The summed E-state index contributed by atoms with van der Waals surface area (Å²) in [5, 5.41) is 2.89. The average Bonchev–Trinajstić information content (AvgIpc) is 2.70. The van der Waals surface area contributed by atoms with Gasteiger partial charge in [0.05, 0.1) is 17.2 Å². The van der Waals surface area contributed by atoms with Gasteiger partial charge in [-0.1, -0.05) is 32.9 Å². The third kappa shape index (κ3) is 5.25. The highest BCUT2D eigenvalue weighted by molar-refractivity contribution is 9.10. The fourth-order valence-corrected chi connectivity index (χ4v) is 3.52. The molecule has 0 saturated heterocycles. The fraction of sp³-hybridized carbons (Fsp3) is 0.348. The Morgan fingerprint density at radius 2 is 1.65 bits per heavy atom. The van der Waals surface area contributed by atoms with Crippen LogP contribution in [-0.4, -0.2) is 40.3 Å². The van der Waals surface area contributed by atoms with Crippen molar-refractivity contribution in [1.29, 1.82) is 0 Å². The number of hydrogen-bond acceptors (Lipinski definition) is 4. The van der Waals surface area contributed by atoms with Gasteiger partial charge in [0.2, 0.25) is 5.91 Å². The summed E-state index contributed by atoms with van der Waals surface area (Å²) >= 11 is 3.44. The lowest BCUT2D eigenvalue weighted by Gasteiger charge is -2.44. The normalized spacial score (nSPS) is 12.2. The van der Waals surface area contributed by atoms with Crippen LogP contribution in [-0.2, 0) is 0 Å². The van der Waals surface area contributed by atoms with Crippen molar-refractivity contribution in [2.75, 3.05) is 12.3 Å². The Labute approximate surface area is 191 Å². The van der Waals surface area contributed by atoms with E-state index in [0.29, 0.717) is 10.0 Å². The maximum atomic E-state index is 13.6. The highest BCUT2D eigenvalue weighted by Crippen LogP contribution is 2.30. The number of hydrogen-bond donors (Lipinski definition) is 2. The van der Waals surface area contributed by atoms with Crippen LogP contribution in [0.25, 0.3) is 0 Å². The molecule has 3 amide bonds. The number of primary amides is 1. The number of anilines is 1. The van der Waals surface area contributed by atoms with Gasteiger partial charge in [0.1, 0.15) is 0 Å². The molecule has 8 heteroatoms. The molecule has 2 aromatic rings. The van der Waals surface area contributed by atoms with Gasteiger partial charge in [-0.15, -0.1) is 0 Å². The zero-order valence-electron chi connectivity index (χ0n) is 18.5. The van der Waals surface area contributed by atoms with Crippen LogP contribution < -0.4 is 11.5 Å². The Morgan fingerprint density at radius 1 is 1.03 bits per heavy atom. The first-order valence-corrected chi connectivity index (χ1v) is 10.8. The number of benzene rings is 2. The number of amides is 3. The van der Waals surface area contributed by atoms with E-state index >= 15 is 0 Å². The van der Waals surface area contributed by atoms with Crippen LogP contribution in [0.4, 0.5) is 5.69 Å². The Bertz CT molecular complexity index is 1000. The number of carbonyl (C=O) groups is 3. The van der Waals surface area contributed by atoms with E-state index in [0.717, 1.165) is 0 Å². The molecule has 0 saturated carbocycles. The molecule has 0 aliphatic heterocycles. The molecule has 2 rings (SSSR count). The molecule has 0 aliphatic carbocycles. The topological polar surface area (TPSA) is 110 Å². The van der Waals surface area contributed by atoms with Crippen molar-refractivity contribution < 1.29 is 14.4 Å². The molecule has 0 aliphatic rings. The van der Waals surface area contributed by atoms with E-state index in [4.69, 9.17) is 11.5 Å². The summed E-state index contributed by atoms with van der Waals surface area (Å²) in [5.41, 5.74) is 12.0. The number of nitrogens with zero attached hydrogens (tertiary/aromatic N) is 2. The summed E-state index contributed by atoms with van der Waals surface area (Å²) in [6.07, 6.45) is 0. The van der Waals surface area contributed by atoms with Crippen LogP contribution in [0.15, 0.2) is 46.9 Å². The first kappa shape index (κ1) is 24.4. The molecule has 0 fully saturated rings. The Balaban J connectivity index is 2.57. The van der Waals surface area contributed by atoms with Gasteiger partial charge in [0, 0.05) is 22.3 Å². The predicted octanol–water partition coefficient (Wildman–Crippen LogP) is 4.08. The molecule has 7 nitrogen and oxygen atoms in total. The number of nitrogen functional groups attached to an aromatic ring is 1. The molecule has 166 valence electrons. The third-order valence-corrected chi connectivity index (χ3v) is 5.98. The lowest BCUT2D eigenvalue weighted by Crippen LogP contribution is -2.57. The van der Waals surface area contributed by atoms with Crippen molar-refractivity contribution in [2.24, 2.45) is 11.1 Å². The molecule has 0 radical (unpaired) electrons. The van der Waals surface area contributed by atoms with Gasteiger partial charge in [-0.05, 0) is 65.5 Å². The summed E-state index contributed by atoms with van der Waals surface area (Å²) in [6, 6.07) is 11.1. The second-order valence-electron chi connectivity index (χ2n) is 8.36. The largest absolute Gasteiger partial charge is 0.398 e. The molecule has 0 spiro atoms. The zero-order valence-corrected chi connectivity index (χ0v) is 20.1. The molecule has 0 bridgehead atoms. The quantitative estimate of drug-likeness (QED) is 0.487. The van der Waals surface area contributed by atoms with Crippen LogP contribution in [0.3, 0.4) is 0 Å². The summed E-state index contributed by atoms with van der Waals surface area (Å²) in [5.74, 6) is -1.38. The highest BCUT2D eigenvalue weighted by atomic mass is 79.9. The zero-order chi connectivity index (χ0) is 23.5. The minimum absolute atomic E-state index is 0.122. The smallest absolute Gasteiger partial charge is 0.274 e. The third-order valence-electron chi connectivity index (χ3n) is 5.29. The van der Waals surface area contributed by atoms with E-state index in [-0.39, 0.29) is 40.7 Å². The van der Waals surface area contributed by atoms with Crippen LogP contribution >= 0.6 is 15.9 Å². The molecular weight excluding hydrogens is 460 g/mol. The lowest BCUT2D eigenvalue weighted by molar-refractivity contribution is -0.0399. The summed E-state index contributed by atoms with van der Waals surface area (Å²) in [6.45, 7) is 9.96. The standard InChI is InChI=1S/C23H29BrN4O3/c1-6-27(21(30)17-12-11-15(20(26)29)13-19(17)25)28(14(2)23(3,4)5)22(31)16-9-7-8-10-18(16)24/h7-14H,6,25H2,1-5H3,(H2,26,29). The summed E-state index contributed by atoms with van der Waals surface area (Å²) < 4.78 is 0.639. The number of rotatable bonds is 5. The fourth-order valence-electron chi connectivity index (χ4n) is 3.06. The Morgan fingerprint density at radius 3 is 2.13 bits per heavy atom.